The molecular weight excluding hydrogens is 514 g/mol. The number of aromatic nitrogens is 1. The number of halogens is 3. The number of hydrogen-bond donors (Lipinski definition) is 2. The van der Waals surface area contributed by atoms with Crippen molar-refractivity contribution < 1.29 is 28.5 Å². The van der Waals surface area contributed by atoms with E-state index in [1.165, 1.54) is 12.3 Å². The summed E-state index contributed by atoms with van der Waals surface area (Å²) in [5.74, 6) is 3.74. The summed E-state index contributed by atoms with van der Waals surface area (Å²) in [6, 6.07) is 8.93. The predicted molar refractivity (Wildman–Crippen MR) is 141 cm³/mol. The summed E-state index contributed by atoms with van der Waals surface area (Å²) in [4.78, 5) is 18.2. The van der Waals surface area contributed by atoms with Crippen LogP contribution in [0.25, 0.3) is 10.9 Å². The number of rotatable bonds is 8. The molecule has 6 nitrogen and oxygen atoms in total. The van der Waals surface area contributed by atoms with Gasteiger partial charge < -0.3 is 14.9 Å². The van der Waals surface area contributed by atoms with Gasteiger partial charge in [0.1, 0.15) is 5.75 Å². The lowest BCUT2D eigenvalue weighted by molar-refractivity contribution is -0.141. The third kappa shape index (κ3) is 6.60. The number of nitrogens with zero attached hydrogens (tertiary/aromatic N) is 2. The third-order valence-electron chi connectivity index (χ3n) is 7.25. The number of pyridine rings is 1. The first-order valence-corrected chi connectivity index (χ1v) is 12.8. The van der Waals surface area contributed by atoms with Crippen molar-refractivity contribution in [3.05, 3.63) is 70.4 Å². The Balaban J connectivity index is 1.42. The van der Waals surface area contributed by atoms with E-state index in [4.69, 9.17) is 16.3 Å². The fraction of sp³-hybridized carbons (Fsp3) is 0.379. The number of carboxylic acid groups (broad SMARTS) is 1. The molecule has 0 radical (unpaired) electrons. The molecule has 1 atom stereocenters. The molecule has 200 valence electrons. The minimum atomic E-state index is -0.935. The second-order valence-corrected chi connectivity index (χ2v) is 10.1. The fourth-order valence-corrected chi connectivity index (χ4v) is 5.35. The van der Waals surface area contributed by atoms with Gasteiger partial charge in [-0.1, -0.05) is 23.4 Å². The monoisotopic (exact) mass is 542 g/mol. The van der Waals surface area contributed by atoms with Crippen molar-refractivity contribution in [1.82, 2.24) is 9.88 Å². The van der Waals surface area contributed by atoms with Gasteiger partial charge in [-0.05, 0) is 80.6 Å². The molecule has 1 fully saturated rings. The van der Waals surface area contributed by atoms with Gasteiger partial charge in [-0.25, -0.2) is 8.78 Å². The van der Waals surface area contributed by atoms with Crippen LogP contribution in [0.15, 0.2) is 42.6 Å². The molecular formula is C29H29ClF2N2O4. The minimum Gasteiger partial charge on any atom is -0.497 e. The third-order valence-corrected chi connectivity index (χ3v) is 7.55. The van der Waals surface area contributed by atoms with Crippen molar-refractivity contribution in [2.45, 2.75) is 38.2 Å². The maximum atomic E-state index is 13.4. The van der Waals surface area contributed by atoms with Gasteiger partial charge in [-0.2, -0.15) is 0 Å². The lowest BCUT2D eigenvalue weighted by Crippen LogP contribution is -2.41. The van der Waals surface area contributed by atoms with Crippen molar-refractivity contribution in [2.75, 3.05) is 26.7 Å². The van der Waals surface area contributed by atoms with E-state index >= 15 is 0 Å². The summed E-state index contributed by atoms with van der Waals surface area (Å²) in [5.41, 5.74) is 1.17. The molecule has 0 saturated carbocycles. The summed E-state index contributed by atoms with van der Waals surface area (Å²) in [7, 11) is 1.56. The highest BCUT2D eigenvalue weighted by Gasteiger charge is 2.37. The van der Waals surface area contributed by atoms with Gasteiger partial charge in [0.2, 0.25) is 0 Å². The van der Waals surface area contributed by atoms with Crippen LogP contribution in [0.3, 0.4) is 0 Å². The number of piperidine rings is 1. The fourth-order valence-electron chi connectivity index (χ4n) is 5.07. The zero-order chi connectivity index (χ0) is 27.3. The number of aliphatic carboxylic acids is 1. The number of aliphatic hydroxyl groups is 1. The van der Waals surface area contributed by atoms with Crippen molar-refractivity contribution in [1.29, 1.82) is 0 Å². The van der Waals surface area contributed by atoms with E-state index < -0.39 is 29.1 Å². The summed E-state index contributed by atoms with van der Waals surface area (Å²) in [6.07, 6.45) is 2.76. The lowest BCUT2D eigenvalue weighted by atomic mass is 9.71. The molecule has 1 aromatic heterocycles. The van der Waals surface area contributed by atoms with E-state index in [9.17, 15) is 23.8 Å². The molecule has 2 aromatic carbocycles. The number of carboxylic acids is 1. The number of carbonyl (C=O) groups is 1. The van der Waals surface area contributed by atoms with E-state index in [0.717, 1.165) is 12.1 Å². The van der Waals surface area contributed by atoms with Crippen molar-refractivity contribution in [2.24, 2.45) is 5.41 Å². The van der Waals surface area contributed by atoms with Gasteiger partial charge in [0.05, 0.1) is 36.7 Å². The van der Waals surface area contributed by atoms with Crippen LogP contribution in [0.4, 0.5) is 8.78 Å². The maximum Gasteiger partial charge on any atom is 0.303 e. The van der Waals surface area contributed by atoms with Gasteiger partial charge >= 0.3 is 5.97 Å². The standard InChI is InChI=1S/C29H29ClF2N2O4/c1-38-20-5-7-25-21(16-20)28(22(30)18-33-25)26(35)8-9-29(17-27(36)37)10-13-34(14-11-29)12-2-3-19-4-6-23(31)24(32)15-19/h4-7,15-16,18,26,35H,8-14,17H2,1H3,(H,36,37)/t26-/m0/s1. The molecule has 0 spiro atoms. The number of methoxy groups -OCH3 is 1. The molecule has 0 bridgehead atoms. The Morgan fingerprint density at radius 2 is 1.97 bits per heavy atom. The predicted octanol–water partition coefficient (Wildman–Crippen LogP) is 5.60. The van der Waals surface area contributed by atoms with Crippen molar-refractivity contribution >= 4 is 28.5 Å². The first-order chi connectivity index (χ1) is 18.2. The Labute approximate surface area is 225 Å². The van der Waals surface area contributed by atoms with Gasteiger partial charge in [0, 0.05) is 22.7 Å². The Kier molecular flexibility index (Phi) is 8.83. The topological polar surface area (TPSA) is 82.9 Å². The molecule has 0 aliphatic carbocycles. The summed E-state index contributed by atoms with van der Waals surface area (Å²) in [5, 5.41) is 21.9. The van der Waals surface area contributed by atoms with Gasteiger partial charge in [-0.15, -0.1) is 0 Å². The van der Waals surface area contributed by atoms with Gasteiger partial charge in [0.25, 0.3) is 0 Å². The van der Waals surface area contributed by atoms with E-state index in [-0.39, 0.29) is 6.42 Å². The first kappa shape index (κ1) is 27.8. The lowest BCUT2D eigenvalue weighted by Gasteiger charge is -2.41. The molecule has 0 unspecified atom stereocenters. The van der Waals surface area contributed by atoms with Crippen LogP contribution in [0, 0.1) is 28.9 Å². The van der Waals surface area contributed by atoms with E-state index in [2.05, 4.69) is 21.7 Å². The number of benzene rings is 2. The van der Waals surface area contributed by atoms with E-state index in [1.54, 1.807) is 25.3 Å². The first-order valence-electron chi connectivity index (χ1n) is 12.4. The van der Waals surface area contributed by atoms with Crippen molar-refractivity contribution in [3.63, 3.8) is 0 Å². The number of ether oxygens (including phenoxy) is 1. The Morgan fingerprint density at radius 3 is 2.66 bits per heavy atom. The zero-order valence-corrected chi connectivity index (χ0v) is 21.8. The molecule has 1 saturated heterocycles. The van der Waals surface area contributed by atoms with Crippen LogP contribution in [0.5, 0.6) is 5.75 Å². The van der Waals surface area contributed by atoms with Gasteiger partial charge in [-0.3, -0.25) is 14.7 Å². The highest BCUT2D eigenvalue weighted by atomic mass is 35.5. The molecule has 2 heterocycles. The second-order valence-electron chi connectivity index (χ2n) is 9.73. The Bertz CT molecular complexity index is 1380. The molecule has 9 heteroatoms. The molecule has 1 aliphatic rings. The molecule has 38 heavy (non-hydrogen) atoms. The van der Waals surface area contributed by atoms with Gasteiger partial charge in [0.15, 0.2) is 11.6 Å². The highest BCUT2D eigenvalue weighted by molar-refractivity contribution is 6.32. The maximum absolute atomic E-state index is 13.4. The van der Waals surface area contributed by atoms with E-state index in [0.29, 0.717) is 78.1 Å². The van der Waals surface area contributed by atoms with Crippen LogP contribution in [-0.2, 0) is 4.79 Å². The average Bonchev–Trinajstić information content (AvgIpc) is 2.90. The SMILES string of the molecule is COc1ccc2ncc(Cl)c([C@@H](O)CCC3(CC(=O)O)CCN(CC#Cc4ccc(F)c(F)c4)CC3)c2c1. The Morgan fingerprint density at radius 1 is 1.21 bits per heavy atom. The smallest absolute Gasteiger partial charge is 0.303 e. The van der Waals surface area contributed by atoms with E-state index in [1.807, 2.05) is 0 Å². The van der Waals surface area contributed by atoms with Crippen LogP contribution in [0.2, 0.25) is 5.02 Å². The number of likely N-dealkylation sites (tertiary alicyclic amines) is 1. The van der Waals surface area contributed by atoms with Crippen LogP contribution in [-0.4, -0.2) is 52.8 Å². The molecule has 0 amide bonds. The van der Waals surface area contributed by atoms with Crippen LogP contribution in [0.1, 0.15) is 49.3 Å². The second kappa shape index (κ2) is 12.1. The normalized spacial score (nSPS) is 16.0. The zero-order valence-electron chi connectivity index (χ0n) is 21.0. The largest absolute Gasteiger partial charge is 0.497 e. The van der Waals surface area contributed by atoms with Crippen LogP contribution >= 0.6 is 11.6 Å². The summed E-state index contributed by atoms with van der Waals surface area (Å²) >= 11 is 6.45. The average molecular weight is 543 g/mol. The highest BCUT2D eigenvalue weighted by Crippen LogP contribution is 2.43. The minimum absolute atomic E-state index is 0.00669. The number of fused-ring (bicyclic) bond motifs is 1. The van der Waals surface area contributed by atoms with Crippen molar-refractivity contribution in [3.8, 4) is 17.6 Å². The molecule has 1 aliphatic heterocycles. The molecule has 3 aromatic rings. The number of aliphatic hydroxyl groups excluding tert-OH is 1. The summed E-state index contributed by atoms with van der Waals surface area (Å²) < 4.78 is 31.8. The summed E-state index contributed by atoms with van der Waals surface area (Å²) in [6.45, 7) is 1.73. The quantitative estimate of drug-likeness (QED) is 0.361. The Hall–Kier alpha value is -3.25. The van der Waals surface area contributed by atoms with Crippen LogP contribution < -0.4 is 4.74 Å². The molecule has 4 rings (SSSR count). The molecule has 2 N–H and O–H groups in total. The number of hydrogen-bond acceptors (Lipinski definition) is 5.